The Bertz CT molecular complexity index is 1080. The lowest BCUT2D eigenvalue weighted by molar-refractivity contribution is -0.183. The lowest BCUT2D eigenvalue weighted by Gasteiger charge is -2.37. The molecule has 1 saturated carbocycles. The van der Waals surface area contributed by atoms with Crippen molar-refractivity contribution in [3.05, 3.63) is 59.7 Å². The molecule has 0 saturated heterocycles. The summed E-state index contributed by atoms with van der Waals surface area (Å²) in [6, 6.07) is 12.4. The van der Waals surface area contributed by atoms with Gasteiger partial charge in [-0.25, -0.2) is 9.59 Å². The monoisotopic (exact) mass is 490 g/mol. The summed E-state index contributed by atoms with van der Waals surface area (Å²) in [5, 5.41) is 13.0. The third-order valence-corrected chi connectivity index (χ3v) is 6.68. The van der Waals surface area contributed by atoms with E-state index in [1.165, 1.54) is 0 Å². The van der Waals surface area contributed by atoms with Crippen molar-refractivity contribution in [2.24, 2.45) is 0 Å². The number of carboxylic acid groups (broad SMARTS) is 1. The van der Waals surface area contributed by atoms with Crippen LogP contribution >= 0.6 is 0 Å². The first-order chi connectivity index (χ1) is 16.6. The summed E-state index contributed by atoms with van der Waals surface area (Å²) >= 11 is 0. The lowest BCUT2D eigenvalue weighted by Crippen LogP contribution is -2.64. The number of hydrogen-bond acceptors (Lipinski definition) is 4. The molecule has 0 aliphatic heterocycles. The second-order valence-electron chi connectivity index (χ2n) is 8.88. The number of nitrogens with one attached hydrogen (secondary N) is 2. The molecule has 35 heavy (non-hydrogen) atoms. The largest absolute Gasteiger partial charge is 0.479 e. The molecule has 2 aliphatic carbocycles. The minimum absolute atomic E-state index is 0.0299. The first kappa shape index (κ1) is 24.6. The highest BCUT2D eigenvalue weighted by Gasteiger charge is 2.50. The maximum atomic E-state index is 13.1. The summed E-state index contributed by atoms with van der Waals surface area (Å²) in [5.41, 5.74) is 2.36. The van der Waals surface area contributed by atoms with Crippen molar-refractivity contribution in [1.82, 2.24) is 10.6 Å². The van der Waals surface area contributed by atoms with Gasteiger partial charge in [0, 0.05) is 5.92 Å². The van der Waals surface area contributed by atoms with E-state index in [-0.39, 0.29) is 25.4 Å². The Morgan fingerprint density at radius 2 is 1.51 bits per heavy atom. The topological polar surface area (TPSA) is 105 Å². The Kier molecular flexibility index (Phi) is 6.73. The van der Waals surface area contributed by atoms with Gasteiger partial charge in [-0.3, -0.25) is 4.79 Å². The van der Waals surface area contributed by atoms with Crippen molar-refractivity contribution in [3.8, 4) is 11.1 Å². The summed E-state index contributed by atoms with van der Waals surface area (Å²) in [5.74, 6) is -3.64. The Morgan fingerprint density at radius 1 is 0.971 bits per heavy atom. The molecule has 0 spiro atoms. The molecule has 0 bridgehead atoms. The summed E-state index contributed by atoms with van der Waals surface area (Å²) < 4.78 is 44.8. The fourth-order valence-electron chi connectivity index (χ4n) is 4.95. The van der Waals surface area contributed by atoms with Crippen LogP contribution in [0, 0.1) is 0 Å². The normalized spacial score (nSPS) is 17.6. The van der Waals surface area contributed by atoms with Crippen molar-refractivity contribution in [2.45, 2.75) is 55.8 Å². The molecule has 0 heterocycles. The molecule has 4 rings (SSSR count). The number of carbonyl (C=O) groups is 3. The zero-order valence-electron chi connectivity index (χ0n) is 18.7. The van der Waals surface area contributed by atoms with Gasteiger partial charge in [-0.05, 0) is 35.1 Å². The van der Waals surface area contributed by atoms with Crippen LogP contribution in [0.2, 0.25) is 0 Å². The van der Waals surface area contributed by atoms with Gasteiger partial charge >= 0.3 is 18.2 Å². The number of halogens is 3. The fourth-order valence-corrected chi connectivity index (χ4v) is 4.95. The molecule has 1 fully saturated rings. The number of alkyl carbamates (subject to hydrolysis) is 1. The highest BCUT2D eigenvalue weighted by molar-refractivity contribution is 5.93. The van der Waals surface area contributed by atoms with E-state index in [1.54, 1.807) is 5.32 Å². The van der Waals surface area contributed by atoms with Crippen LogP contribution < -0.4 is 10.6 Å². The molecule has 186 valence electrons. The Balaban J connectivity index is 1.48. The number of alkyl halides is 3. The fraction of sp³-hybridized carbons (Fsp3) is 0.400. The van der Waals surface area contributed by atoms with Crippen LogP contribution in [-0.4, -0.2) is 47.4 Å². The van der Waals surface area contributed by atoms with E-state index in [2.05, 4.69) is 5.32 Å². The third-order valence-electron chi connectivity index (χ3n) is 6.68. The predicted molar refractivity (Wildman–Crippen MR) is 120 cm³/mol. The zero-order valence-corrected chi connectivity index (χ0v) is 18.7. The van der Waals surface area contributed by atoms with Gasteiger partial charge in [-0.1, -0.05) is 67.8 Å². The van der Waals surface area contributed by atoms with Crippen LogP contribution in [0.25, 0.3) is 11.1 Å². The highest BCUT2D eigenvalue weighted by atomic mass is 19.4. The number of carboxylic acids is 1. The molecule has 2 aromatic carbocycles. The van der Waals surface area contributed by atoms with Crippen molar-refractivity contribution < 1.29 is 37.4 Å². The van der Waals surface area contributed by atoms with E-state index in [4.69, 9.17) is 9.84 Å². The van der Waals surface area contributed by atoms with Gasteiger partial charge in [0.1, 0.15) is 12.1 Å². The minimum Gasteiger partial charge on any atom is -0.479 e. The molecule has 3 N–H and O–H groups in total. The van der Waals surface area contributed by atoms with Crippen LogP contribution in [0.5, 0.6) is 0 Å². The average Bonchev–Trinajstić information content (AvgIpc) is 3.14. The van der Waals surface area contributed by atoms with Crippen LogP contribution in [0.4, 0.5) is 18.0 Å². The Labute approximate surface area is 199 Å². The SMILES string of the molecule is O=C(NC1(C(=O)NC(C(=O)O)C(F)(F)F)CCCCC1)OCC1c2ccccc2-c2ccccc21. The molecule has 2 aromatic rings. The Hall–Kier alpha value is -3.56. The highest BCUT2D eigenvalue weighted by Crippen LogP contribution is 2.44. The van der Waals surface area contributed by atoms with Gasteiger partial charge < -0.3 is 20.5 Å². The zero-order chi connectivity index (χ0) is 25.2. The number of carbonyl (C=O) groups excluding carboxylic acids is 2. The molecule has 0 radical (unpaired) electrons. The molecule has 1 unspecified atom stereocenters. The predicted octanol–water partition coefficient (Wildman–Crippen LogP) is 4.36. The number of hydrogen-bond donors (Lipinski definition) is 3. The second-order valence-corrected chi connectivity index (χ2v) is 8.88. The van der Waals surface area contributed by atoms with Crippen LogP contribution in [0.3, 0.4) is 0 Å². The van der Waals surface area contributed by atoms with E-state index < -0.39 is 35.7 Å². The molecule has 2 aliphatic rings. The van der Waals surface area contributed by atoms with Crippen LogP contribution in [0.15, 0.2) is 48.5 Å². The molecule has 2 amide bonds. The summed E-state index contributed by atoms with van der Waals surface area (Å²) in [4.78, 5) is 36.7. The second kappa shape index (κ2) is 9.59. The quantitative estimate of drug-likeness (QED) is 0.558. The first-order valence-electron chi connectivity index (χ1n) is 11.4. The Morgan fingerprint density at radius 3 is 2.03 bits per heavy atom. The number of benzene rings is 2. The molecule has 7 nitrogen and oxygen atoms in total. The summed E-state index contributed by atoms with van der Waals surface area (Å²) in [7, 11) is 0. The molecular formula is C25H25F3N2O5. The number of fused-ring (bicyclic) bond motifs is 3. The first-order valence-corrected chi connectivity index (χ1v) is 11.4. The van der Waals surface area contributed by atoms with Crippen LogP contribution in [0.1, 0.15) is 49.1 Å². The summed E-state index contributed by atoms with van der Waals surface area (Å²) in [6.45, 7) is -0.0299. The van der Waals surface area contributed by atoms with E-state index in [9.17, 15) is 27.6 Å². The van der Waals surface area contributed by atoms with Crippen molar-refractivity contribution >= 4 is 18.0 Å². The van der Waals surface area contributed by atoms with E-state index in [0.717, 1.165) is 28.7 Å². The van der Waals surface area contributed by atoms with E-state index >= 15 is 0 Å². The van der Waals surface area contributed by atoms with Gasteiger partial charge in [-0.15, -0.1) is 0 Å². The number of amides is 2. The van der Waals surface area contributed by atoms with Gasteiger partial charge in [0.25, 0.3) is 0 Å². The van der Waals surface area contributed by atoms with Gasteiger partial charge in [-0.2, -0.15) is 13.2 Å². The van der Waals surface area contributed by atoms with Crippen molar-refractivity contribution in [3.63, 3.8) is 0 Å². The average molecular weight is 490 g/mol. The number of aliphatic carboxylic acids is 1. The third kappa shape index (κ3) is 4.96. The van der Waals surface area contributed by atoms with E-state index in [0.29, 0.717) is 12.8 Å². The van der Waals surface area contributed by atoms with Crippen molar-refractivity contribution in [2.75, 3.05) is 6.61 Å². The van der Waals surface area contributed by atoms with Gasteiger partial charge in [0.05, 0.1) is 0 Å². The minimum atomic E-state index is -5.18. The van der Waals surface area contributed by atoms with Gasteiger partial charge in [0.2, 0.25) is 11.9 Å². The number of ether oxygens (including phenoxy) is 1. The molecular weight excluding hydrogens is 465 g/mol. The van der Waals surface area contributed by atoms with Crippen LogP contribution in [-0.2, 0) is 14.3 Å². The lowest BCUT2D eigenvalue weighted by atomic mass is 9.80. The molecule has 1 atom stereocenters. The molecule has 0 aromatic heterocycles. The maximum Gasteiger partial charge on any atom is 0.419 e. The van der Waals surface area contributed by atoms with Crippen molar-refractivity contribution in [1.29, 1.82) is 0 Å². The maximum absolute atomic E-state index is 13.1. The standard InChI is InChI=1S/C25H25F3N2O5/c26-25(27,28)20(21(31)32)29-22(33)24(12-6-1-7-13-24)30-23(34)35-14-19-17-10-4-2-8-15(17)16-9-3-5-11-18(16)19/h2-5,8-11,19-20H,1,6-7,12-14H2,(H,29,33)(H,30,34)(H,31,32). The molecule has 10 heteroatoms. The number of rotatable bonds is 6. The van der Waals surface area contributed by atoms with Gasteiger partial charge in [0.15, 0.2) is 0 Å². The van der Waals surface area contributed by atoms with E-state index in [1.807, 2.05) is 48.5 Å². The summed E-state index contributed by atoms with van der Waals surface area (Å²) in [6.07, 6.45) is -4.26. The smallest absolute Gasteiger partial charge is 0.419 e.